The molecule has 2 amide bonds. The molecule has 1 heterocycles. The fraction of sp³-hybridized carbons (Fsp3) is 0.714. The quantitative estimate of drug-likeness (QED) is 0.705. The van der Waals surface area contributed by atoms with Gasteiger partial charge in [-0.15, -0.1) is 0 Å². The predicted molar refractivity (Wildman–Crippen MR) is 103 cm³/mol. The van der Waals surface area contributed by atoms with Crippen LogP contribution in [0.3, 0.4) is 0 Å². The maximum absolute atomic E-state index is 12.8. The number of carbonyl (C=O) groups excluding carboxylic acids is 1. The van der Waals surface area contributed by atoms with Crippen molar-refractivity contribution in [3.63, 3.8) is 0 Å². The van der Waals surface area contributed by atoms with Gasteiger partial charge >= 0.3 is 6.03 Å². The molecule has 26 heavy (non-hydrogen) atoms. The zero-order valence-corrected chi connectivity index (χ0v) is 15.9. The number of ether oxygens (including phenoxy) is 1. The van der Waals surface area contributed by atoms with Crippen molar-refractivity contribution in [1.29, 1.82) is 0 Å². The van der Waals surface area contributed by atoms with Gasteiger partial charge in [-0.1, -0.05) is 32.1 Å². The van der Waals surface area contributed by atoms with Crippen molar-refractivity contribution in [3.05, 3.63) is 30.1 Å². The molecule has 0 aromatic carbocycles. The fourth-order valence-corrected chi connectivity index (χ4v) is 4.12. The molecule has 2 aliphatic rings. The van der Waals surface area contributed by atoms with Gasteiger partial charge in [-0.25, -0.2) is 4.79 Å². The Bertz CT molecular complexity index is 525. The first kappa shape index (κ1) is 19.2. The van der Waals surface area contributed by atoms with Crippen molar-refractivity contribution >= 4 is 6.03 Å². The van der Waals surface area contributed by atoms with E-state index in [-0.39, 0.29) is 6.03 Å². The maximum Gasteiger partial charge on any atom is 0.317 e. The Kier molecular flexibility index (Phi) is 7.74. The standard InChI is InChI=1S/C21H33N3O2/c25-21(23-13-6-16-26-20-9-4-5-10-20)24(19-7-2-1-3-8-19)17-18-11-14-22-15-12-18/h11-12,14-15,19-20H,1-10,13,16-17H2,(H,23,25). The number of hydrogen-bond donors (Lipinski definition) is 1. The molecule has 1 N–H and O–H groups in total. The minimum Gasteiger partial charge on any atom is -0.378 e. The van der Waals surface area contributed by atoms with Crippen molar-refractivity contribution in [1.82, 2.24) is 15.2 Å². The summed E-state index contributed by atoms with van der Waals surface area (Å²) in [6, 6.07) is 4.41. The van der Waals surface area contributed by atoms with Crippen LogP contribution in [-0.2, 0) is 11.3 Å². The Morgan fingerprint density at radius 3 is 2.50 bits per heavy atom. The Morgan fingerprint density at radius 2 is 1.77 bits per heavy atom. The average molecular weight is 360 g/mol. The second kappa shape index (κ2) is 10.5. The summed E-state index contributed by atoms with van der Waals surface area (Å²) in [5, 5.41) is 3.12. The third-order valence-corrected chi connectivity index (χ3v) is 5.63. The van der Waals surface area contributed by atoms with E-state index < -0.39 is 0 Å². The second-order valence-electron chi connectivity index (χ2n) is 7.64. The molecule has 5 heteroatoms. The molecule has 1 aromatic rings. The van der Waals surface area contributed by atoms with E-state index >= 15 is 0 Å². The van der Waals surface area contributed by atoms with Gasteiger partial charge in [0, 0.05) is 38.1 Å². The summed E-state index contributed by atoms with van der Waals surface area (Å²) in [4.78, 5) is 18.9. The van der Waals surface area contributed by atoms with Crippen LogP contribution in [0.2, 0.25) is 0 Å². The van der Waals surface area contributed by atoms with Gasteiger partial charge in [0.15, 0.2) is 0 Å². The van der Waals surface area contributed by atoms with E-state index in [0.717, 1.165) is 31.4 Å². The van der Waals surface area contributed by atoms with E-state index in [9.17, 15) is 4.79 Å². The number of nitrogens with one attached hydrogen (secondary N) is 1. The molecule has 2 fully saturated rings. The molecule has 144 valence electrons. The molecule has 5 nitrogen and oxygen atoms in total. The highest BCUT2D eigenvalue weighted by molar-refractivity contribution is 5.74. The first-order valence-corrected chi connectivity index (χ1v) is 10.4. The smallest absolute Gasteiger partial charge is 0.317 e. The van der Waals surface area contributed by atoms with Crippen LogP contribution in [0, 0.1) is 0 Å². The Labute approximate surface area is 157 Å². The summed E-state index contributed by atoms with van der Waals surface area (Å²) in [5.74, 6) is 0. The maximum atomic E-state index is 12.8. The first-order chi connectivity index (χ1) is 12.8. The lowest BCUT2D eigenvalue weighted by molar-refractivity contribution is 0.0568. The highest BCUT2D eigenvalue weighted by atomic mass is 16.5. The SMILES string of the molecule is O=C(NCCCOC1CCCC1)N(Cc1ccncc1)C1CCCCC1. The van der Waals surface area contributed by atoms with E-state index in [0.29, 0.717) is 25.2 Å². The molecule has 0 saturated heterocycles. The fourth-order valence-electron chi connectivity index (χ4n) is 4.12. The average Bonchev–Trinajstić information content (AvgIpc) is 3.21. The Morgan fingerprint density at radius 1 is 1.08 bits per heavy atom. The molecule has 0 atom stereocenters. The van der Waals surface area contributed by atoms with Gasteiger partial charge < -0.3 is 15.0 Å². The number of pyridine rings is 1. The van der Waals surface area contributed by atoms with Crippen LogP contribution in [0.25, 0.3) is 0 Å². The highest BCUT2D eigenvalue weighted by Crippen LogP contribution is 2.24. The van der Waals surface area contributed by atoms with Crippen LogP contribution in [0.5, 0.6) is 0 Å². The van der Waals surface area contributed by atoms with Gasteiger partial charge in [0.05, 0.1) is 6.10 Å². The molecule has 1 aromatic heterocycles. The van der Waals surface area contributed by atoms with Crippen LogP contribution >= 0.6 is 0 Å². The van der Waals surface area contributed by atoms with E-state index in [4.69, 9.17) is 4.74 Å². The molecule has 0 radical (unpaired) electrons. The van der Waals surface area contributed by atoms with Gasteiger partial charge in [-0.05, 0) is 49.8 Å². The summed E-state index contributed by atoms with van der Waals surface area (Å²) < 4.78 is 5.89. The van der Waals surface area contributed by atoms with Gasteiger partial charge in [-0.2, -0.15) is 0 Å². The topological polar surface area (TPSA) is 54.5 Å². The number of rotatable bonds is 8. The van der Waals surface area contributed by atoms with Gasteiger partial charge in [-0.3, -0.25) is 4.98 Å². The van der Waals surface area contributed by atoms with E-state index in [2.05, 4.69) is 10.3 Å². The molecule has 0 unspecified atom stereocenters. The number of carbonyl (C=O) groups is 1. The summed E-state index contributed by atoms with van der Waals surface area (Å²) in [6.07, 6.45) is 15.9. The number of nitrogens with zero attached hydrogens (tertiary/aromatic N) is 2. The van der Waals surface area contributed by atoms with Gasteiger partial charge in [0.1, 0.15) is 0 Å². The normalized spacial score (nSPS) is 18.8. The molecule has 3 rings (SSSR count). The molecule has 2 aliphatic carbocycles. The van der Waals surface area contributed by atoms with Gasteiger partial charge in [0.2, 0.25) is 0 Å². The number of aromatic nitrogens is 1. The molecular weight excluding hydrogens is 326 g/mol. The van der Waals surface area contributed by atoms with Crippen LogP contribution in [0.15, 0.2) is 24.5 Å². The summed E-state index contributed by atoms with van der Waals surface area (Å²) in [6.45, 7) is 2.10. The number of amides is 2. The molecular formula is C21H33N3O2. The predicted octanol–water partition coefficient (Wildman–Crippen LogP) is 4.28. The van der Waals surface area contributed by atoms with Crippen molar-refractivity contribution in [2.75, 3.05) is 13.2 Å². The van der Waals surface area contributed by atoms with Crippen LogP contribution in [-0.4, -0.2) is 41.2 Å². The molecule has 0 bridgehead atoms. The lowest BCUT2D eigenvalue weighted by Crippen LogP contribution is -2.46. The van der Waals surface area contributed by atoms with Crippen LogP contribution in [0.1, 0.15) is 69.8 Å². The monoisotopic (exact) mass is 359 g/mol. The molecule has 0 aliphatic heterocycles. The van der Waals surface area contributed by atoms with Crippen LogP contribution in [0.4, 0.5) is 4.79 Å². The summed E-state index contributed by atoms with van der Waals surface area (Å²) in [7, 11) is 0. The number of urea groups is 1. The minimum atomic E-state index is 0.0644. The Hall–Kier alpha value is -1.62. The van der Waals surface area contributed by atoms with Crippen molar-refractivity contribution < 1.29 is 9.53 Å². The zero-order valence-electron chi connectivity index (χ0n) is 15.9. The lowest BCUT2D eigenvalue weighted by atomic mass is 9.94. The highest BCUT2D eigenvalue weighted by Gasteiger charge is 2.25. The third-order valence-electron chi connectivity index (χ3n) is 5.63. The molecule has 2 saturated carbocycles. The van der Waals surface area contributed by atoms with Crippen molar-refractivity contribution in [2.24, 2.45) is 0 Å². The minimum absolute atomic E-state index is 0.0644. The molecule has 0 spiro atoms. The summed E-state index contributed by atoms with van der Waals surface area (Å²) >= 11 is 0. The third kappa shape index (κ3) is 5.97. The summed E-state index contributed by atoms with van der Waals surface area (Å²) in [5.41, 5.74) is 1.14. The zero-order chi connectivity index (χ0) is 18.0. The second-order valence-corrected chi connectivity index (χ2v) is 7.64. The number of hydrogen-bond acceptors (Lipinski definition) is 3. The van der Waals surface area contributed by atoms with Crippen LogP contribution < -0.4 is 5.32 Å². The van der Waals surface area contributed by atoms with E-state index in [1.807, 2.05) is 17.0 Å². The first-order valence-electron chi connectivity index (χ1n) is 10.4. The lowest BCUT2D eigenvalue weighted by Gasteiger charge is -2.34. The largest absolute Gasteiger partial charge is 0.378 e. The van der Waals surface area contributed by atoms with E-state index in [1.165, 1.54) is 44.9 Å². The van der Waals surface area contributed by atoms with E-state index in [1.54, 1.807) is 12.4 Å². The van der Waals surface area contributed by atoms with Crippen molar-refractivity contribution in [3.8, 4) is 0 Å². The van der Waals surface area contributed by atoms with Crippen molar-refractivity contribution in [2.45, 2.75) is 82.9 Å². The van der Waals surface area contributed by atoms with Gasteiger partial charge in [0.25, 0.3) is 0 Å². The Balaban J connectivity index is 1.45.